The van der Waals surface area contributed by atoms with E-state index in [0.29, 0.717) is 11.1 Å². The summed E-state index contributed by atoms with van der Waals surface area (Å²) in [5.41, 5.74) is 7.81. The number of nitrogens with two attached hydrogens (primary N) is 1. The van der Waals surface area contributed by atoms with E-state index in [1.807, 2.05) is 29.1 Å². The van der Waals surface area contributed by atoms with Crippen LogP contribution in [-0.2, 0) is 5.54 Å². The molecule has 4 rings (SSSR count). The first kappa shape index (κ1) is 13.7. The van der Waals surface area contributed by atoms with E-state index in [1.54, 1.807) is 18.0 Å². The standard InChI is InChI=1S/C16H18N4OS/c1-16-11(10-22-15(17)19-16)5-8-21-14-4-3-12(9-13(14)16)20-7-2-6-18-20/h2-4,6-7,9,11H,5,8,10H2,1H3,(H2,17,19)/t11-,16+/m1/s1. The van der Waals surface area contributed by atoms with E-state index in [9.17, 15) is 0 Å². The van der Waals surface area contributed by atoms with Crippen molar-refractivity contribution in [3.63, 3.8) is 0 Å². The molecule has 1 aromatic heterocycles. The van der Waals surface area contributed by atoms with E-state index in [4.69, 9.17) is 15.5 Å². The van der Waals surface area contributed by atoms with Crippen molar-refractivity contribution in [3.8, 4) is 11.4 Å². The van der Waals surface area contributed by atoms with Gasteiger partial charge in [0.2, 0.25) is 0 Å². The summed E-state index contributed by atoms with van der Waals surface area (Å²) in [4.78, 5) is 4.81. The molecular formula is C16H18N4OS. The lowest BCUT2D eigenvalue weighted by Crippen LogP contribution is -2.37. The molecule has 0 aliphatic carbocycles. The zero-order valence-electron chi connectivity index (χ0n) is 12.4. The lowest BCUT2D eigenvalue weighted by molar-refractivity contribution is 0.271. The van der Waals surface area contributed by atoms with Crippen LogP contribution in [0.25, 0.3) is 5.69 Å². The van der Waals surface area contributed by atoms with Crippen LogP contribution in [0.3, 0.4) is 0 Å². The van der Waals surface area contributed by atoms with E-state index >= 15 is 0 Å². The fourth-order valence-electron chi connectivity index (χ4n) is 3.26. The summed E-state index contributed by atoms with van der Waals surface area (Å²) >= 11 is 1.64. The third kappa shape index (κ3) is 2.09. The number of ether oxygens (including phenoxy) is 1. The highest BCUT2D eigenvalue weighted by Gasteiger charge is 2.42. The Morgan fingerprint density at radius 1 is 1.45 bits per heavy atom. The molecule has 0 radical (unpaired) electrons. The molecule has 0 saturated heterocycles. The molecule has 2 aliphatic rings. The number of fused-ring (bicyclic) bond motifs is 3. The number of hydrogen-bond acceptors (Lipinski definition) is 5. The van der Waals surface area contributed by atoms with Crippen LogP contribution in [0.2, 0.25) is 0 Å². The van der Waals surface area contributed by atoms with Gasteiger partial charge >= 0.3 is 0 Å². The second-order valence-electron chi connectivity index (χ2n) is 5.87. The molecule has 0 bridgehead atoms. The molecule has 0 fully saturated rings. The highest BCUT2D eigenvalue weighted by molar-refractivity contribution is 8.13. The van der Waals surface area contributed by atoms with Crippen molar-refractivity contribution in [1.29, 1.82) is 0 Å². The summed E-state index contributed by atoms with van der Waals surface area (Å²) in [5, 5.41) is 4.97. The van der Waals surface area contributed by atoms with E-state index < -0.39 is 0 Å². The Morgan fingerprint density at radius 2 is 2.36 bits per heavy atom. The second-order valence-corrected chi connectivity index (χ2v) is 6.91. The average Bonchev–Trinajstić information content (AvgIpc) is 2.99. The topological polar surface area (TPSA) is 65.4 Å². The van der Waals surface area contributed by atoms with Crippen molar-refractivity contribution in [2.45, 2.75) is 18.9 Å². The fraction of sp³-hybridized carbons (Fsp3) is 0.375. The maximum absolute atomic E-state index is 6.02. The van der Waals surface area contributed by atoms with Gasteiger partial charge in [0.25, 0.3) is 0 Å². The quantitative estimate of drug-likeness (QED) is 0.878. The molecule has 2 atom stereocenters. The van der Waals surface area contributed by atoms with Crippen LogP contribution in [0.4, 0.5) is 0 Å². The zero-order valence-corrected chi connectivity index (χ0v) is 13.2. The summed E-state index contributed by atoms with van der Waals surface area (Å²) in [6, 6.07) is 8.10. The number of hydrogen-bond donors (Lipinski definition) is 1. The van der Waals surface area contributed by atoms with Gasteiger partial charge in [-0.1, -0.05) is 11.8 Å². The van der Waals surface area contributed by atoms with E-state index in [0.717, 1.165) is 35.8 Å². The predicted octanol–water partition coefficient (Wildman–Crippen LogP) is 2.55. The molecule has 0 amide bonds. The summed E-state index contributed by atoms with van der Waals surface area (Å²) < 4.78 is 7.82. The van der Waals surface area contributed by atoms with Crippen LogP contribution >= 0.6 is 11.8 Å². The number of rotatable bonds is 1. The van der Waals surface area contributed by atoms with E-state index in [1.165, 1.54) is 0 Å². The summed E-state index contributed by atoms with van der Waals surface area (Å²) in [7, 11) is 0. The normalized spacial score (nSPS) is 27.1. The third-order valence-electron chi connectivity index (χ3n) is 4.57. The number of aliphatic imine (C=N–C) groups is 1. The van der Waals surface area contributed by atoms with Crippen molar-refractivity contribution in [2.24, 2.45) is 16.6 Å². The molecule has 5 nitrogen and oxygen atoms in total. The number of aromatic nitrogens is 2. The van der Waals surface area contributed by atoms with Crippen molar-refractivity contribution < 1.29 is 4.74 Å². The number of amidine groups is 1. The highest BCUT2D eigenvalue weighted by Crippen LogP contribution is 2.47. The van der Waals surface area contributed by atoms with Crippen LogP contribution in [-0.4, -0.2) is 27.3 Å². The Labute approximate surface area is 133 Å². The Bertz CT molecular complexity index is 728. The van der Waals surface area contributed by atoms with Crippen molar-refractivity contribution >= 4 is 16.9 Å². The van der Waals surface area contributed by atoms with Gasteiger partial charge in [-0.3, -0.25) is 4.99 Å². The molecule has 114 valence electrons. The lowest BCUT2D eigenvalue weighted by atomic mass is 9.79. The Balaban J connectivity index is 1.89. The highest BCUT2D eigenvalue weighted by atomic mass is 32.2. The smallest absolute Gasteiger partial charge is 0.154 e. The van der Waals surface area contributed by atoms with Gasteiger partial charge in [-0.2, -0.15) is 5.10 Å². The van der Waals surface area contributed by atoms with Crippen LogP contribution in [0.5, 0.6) is 5.75 Å². The van der Waals surface area contributed by atoms with Gasteiger partial charge in [-0.25, -0.2) is 4.68 Å². The van der Waals surface area contributed by atoms with Gasteiger partial charge in [-0.15, -0.1) is 0 Å². The van der Waals surface area contributed by atoms with Gasteiger partial charge < -0.3 is 10.5 Å². The molecule has 0 unspecified atom stereocenters. The Hall–Kier alpha value is -1.95. The van der Waals surface area contributed by atoms with Crippen molar-refractivity contribution in [3.05, 3.63) is 42.2 Å². The molecule has 3 heterocycles. The molecule has 0 spiro atoms. The number of thioether (sulfide) groups is 1. The fourth-order valence-corrected chi connectivity index (χ4v) is 4.38. The maximum atomic E-state index is 6.02. The second kappa shape index (κ2) is 5.05. The summed E-state index contributed by atoms with van der Waals surface area (Å²) in [6.07, 6.45) is 4.71. The molecule has 2 aliphatic heterocycles. The molecule has 2 N–H and O–H groups in total. The van der Waals surface area contributed by atoms with Crippen LogP contribution in [0.15, 0.2) is 41.7 Å². The first-order valence-electron chi connectivity index (χ1n) is 7.42. The Kier molecular flexibility index (Phi) is 3.14. The predicted molar refractivity (Wildman–Crippen MR) is 88.6 cm³/mol. The van der Waals surface area contributed by atoms with Gasteiger partial charge in [0.15, 0.2) is 5.17 Å². The monoisotopic (exact) mass is 314 g/mol. The minimum atomic E-state index is -0.329. The van der Waals surface area contributed by atoms with E-state index in [-0.39, 0.29) is 5.54 Å². The molecule has 22 heavy (non-hydrogen) atoms. The first-order chi connectivity index (χ1) is 10.7. The van der Waals surface area contributed by atoms with E-state index in [2.05, 4.69) is 18.1 Å². The minimum absolute atomic E-state index is 0.329. The van der Waals surface area contributed by atoms with Crippen molar-refractivity contribution in [2.75, 3.05) is 12.4 Å². The van der Waals surface area contributed by atoms with Crippen LogP contribution in [0.1, 0.15) is 18.9 Å². The number of benzene rings is 1. The third-order valence-corrected chi connectivity index (χ3v) is 5.53. The minimum Gasteiger partial charge on any atom is -0.493 e. The lowest BCUT2D eigenvalue weighted by Gasteiger charge is -2.36. The average molecular weight is 314 g/mol. The SMILES string of the molecule is C[C@]12N=C(N)SC[C@H]1CCOc1ccc(-n3cccn3)cc12. The molecule has 6 heteroatoms. The van der Waals surface area contributed by atoms with Gasteiger partial charge in [0.05, 0.1) is 17.8 Å². The molecule has 1 aromatic carbocycles. The Morgan fingerprint density at radius 3 is 3.18 bits per heavy atom. The molecule has 0 saturated carbocycles. The summed E-state index contributed by atoms with van der Waals surface area (Å²) in [5.74, 6) is 2.32. The summed E-state index contributed by atoms with van der Waals surface area (Å²) in [6.45, 7) is 2.90. The zero-order chi connectivity index (χ0) is 15.2. The molecule has 2 aromatic rings. The van der Waals surface area contributed by atoms with Crippen LogP contribution < -0.4 is 10.5 Å². The number of nitrogens with zero attached hydrogens (tertiary/aromatic N) is 3. The molecular weight excluding hydrogens is 296 g/mol. The van der Waals surface area contributed by atoms with Crippen molar-refractivity contribution in [1.82, 2.24) is 9.78 Å². The van der Waals surface area contributed by atoms with Crippen LogP contribution in [0, 0.1) is 5.92 Å². The van der Waals surface area contributed by atoms with Gasteiger partial charge in [-0.05, 0) is 37.6 Å². The maximum Gasteiger partial charge on any atom is 0.154 e. The van der Waals surface area contributed by atoms with Gasteiger partial charge in [0.1, 0.15) is 5.75 Å². The first-order valence-corrected chi connectivity index (χ1v) is 8.41. The largest absolute Gasteiger partial charge is 0.493 e. The van der Waals surface area contributed by atoms with Gasteiger partial charge in [0, 0.05) is 29.6 Å².